The third kappa shape index (κ3) is 6.42. The Balaban J connectivity index is 2.18. The van der Waals surface area contributed by atoms with Crippen LogP contribution in [-0.4, -0.2) is 12.6 Å². The van der Waals surface area contributed by atoms with Crippen molar-refractivity contribution in [3.05, 3.63) is 28.2 Å². The van der Waals surface area contributed by atoms with E-state index in [1.807, 2.05) is 0 Å². The zero-order valence-corrected chi connectivity index (χ0v) is 13.7. The molecule has 0 saturated heterocycles. The zero-order chi connectivity index (χ0) is 14.8. The lowest BCUT2D eigenvalue weighted by atomic mass is 10.1. The van der Waals surface area contributed by atoms with E-state index in [9.17, 15) is 4.79 Å². The van der Waals surface area contributed by atoms with Crippen LogP contribution in [0, 0.1) is 0 Å². The van der Waals surface area contributed by atoms with E-state index in [1.165, 1.54) is 32.1 Å². The summed E-state index contributed by atoms with van der Waals surface area (Å²) in [6.45, 7) is 2.70. The van der Waals surface area contributed by atoms with E-state index >= 15 is 0 Å². The molecule has 0 bridgehead atoms. The van der Waals surface area contributed by atoms with E-state index in [4.69, 9.17) is 10.5 Å². The van der Waals surface area contributed by atoms with Gasteiger partial charge in [-0.15, -0.1) is 0 Å². The summed E-state index contributed by atoms with van der Waals surface area (Å²) in [5.41, 5.74) is 6.73. The van der Waals surface area contributed by atoms with E-state index < -0.39 is 0 Å². The van der Waals surface area contributed by atoms with Gasteiger partial charge < -0.3 is 10.5 Å². The van der Waals surface area contributed by atoms with Crippen LogP contribution < -0.4 is 5.73 Å². The number of unbranched alkanes of at least 4 members (excludes halogenated alkanes) is 6. The first-order valence-electron chi connectivity index (χ1n) is 7.37. The summed E-state index contributed by atoms with van der Waals surface area (Å²) in [5.74, 6) is -0.310. The van der Waals surface area contributed by atoms with Crippen molar-refractivity contribution >= 4 is 27.6 Å². The first-order chi connectivity index (χ1) is 9.65. The second-order valence-electron chi connectivity index (χ2n) is 5.00. The van der Waals surface area contributed by atoms with Crippen LogP contribution in [0.5, 0.6) is 0 Å². The first-order valence-corrected chi connectivity index (χ1v) is 8.16. The highest BCUT2D eigenvalue weighted by atomic mass is 79.9. The van der Waals surface area contributed by atoms with Crippen molar-refractivity contribution in [2.24, 2.45) is 0 Å². The number of esters is 1. The maximum Gasteiger partial charge on any atom is 0.339 e. The van der Waals surface area contributed by atoms with E-state index in [2.05, 4.69) is 22.9 Å². The van der Waals surface area contributed by atoms with Crippen molar-refractivity contribution in [3.63, 3.8) is 0 Å². The second-order valence-corrected chi connectivity index (χ2v) is 5.85. The molecule has 20 heavy (non-hydrogen) atoms. The largest absolute Gasteiger partial charge is 0.462 e. The number of hydrogen-bond donors (Lipinski definition) is 1. The van der Waals surface area contributed by atoms with E-state index in [1.54, 1.807) is 18.2 Å². The molecule has 0 unspecified atom stereocenters. The SMILES string of the molecule is CCCCCCCCCOC(=O)c1cc(N)ccc1Br. The smallest absolute Gasteiger partial charge is 0.339 e. The van der Waals surface area contributed by atoms with Gasteiger partial charge in [-0.3, -0.25) is 0 Å². The average Bonchev–Trinajstić information content (AvgIpc) is 2.44. The van der Waals surface area contributed by atoms with Gasteiger partial charge in [-0.1, -0.05) is 45.4 Å². The zero-order valence-electron chi connectivity index (χ0n) is 12.2. The molecular weight excluding hydrogens is 318 g/mol. The standard InChI is InChI=1S/C16H24BrNO2/c1-2-3-4-5-6-7-8-11-20-16(19)14-12-13(18)9-10-15(14)17/h9-10,12H,2-8,11,18H2,1H3. The molecule has 0 aromatic heterocycles. The number of halogens is 1. The number of nitrogens with two attached hydrogens (primary N) is 1. The Kier molecular flexibility index (Phi) is 8.35. The highest BCUT2D eigenvalue weighted by molar-refractivity contribution is 9.10. The van der Waals surface area contributed by atoms with Crippen molar-refractivity contribution < 1.29 is 9.53 Å². The fourth-order valence-corrected chi connectivity index (χ4v) is 2.41. The lowest BCUT2D eigenvalue weighted by Gasteiger charge is -2.07. The van der Waals surface area contributed by atoms with Gasteiger partial charge in [-0.2, -0.15) is 0 Å². The number of carbonyl (C=O) groups excluding carboxylic acids is 1. The van der Waals surface area contributed by atoms with Gasteiger partial charge in [0.05, 0.1) is 12.2 Å². The molecule has 0 radical (unpaired) electrons. The summed E-state index contributed by atoms with van der Waals surface area (Å²) in [4.78, 5) is 11.9. The number of rotatable bonds is 9. The second kappa shape index (κ2) is 9.81. The van der Waals surface area contributed by atoms with Crippen LogP contribution in [0.25, 0.3) is 0 Å². The minimum Gasteiger partial charge on any atom is -0.462 e. The Morgan fingerprint density at radius 3 is 2.50 bits per heavy atom. The molecule has 0 fully saturated rings. The molecule has 0 atom stereocenters. The number of ether oxygens (including phenoxy) is 1. The van der Waals surface area contributed by atoms with Gasteiger partial charge >= 0.3 is 5.97 Å². The molecule has 0 spiro atoms. The Bertz CT molecular complexity index is 421. The lowest BCUT2D eigenvalue weighted by molar-refractivity contribution is 0.0496. The van der Waals surface area contributed by atoms with Crippen molar-refractivity contribution in [1.82, 2.24) is 0 Å². The minimum absolute atomic E-state index is 0.310. The molecule has 0 amide bonds. The fraction of sp³-hybridized carbons (Fsp3) is 0.562. The lowest BCUT2D eigenvalue weighted by Crippen LogP contribution is -2.08. The maximum absolute atomic E-state index is 11.9. The number of anilines is 1. The molecule has 0 aliphatic rings. The van der Waals surface area contributed by atoms with Gasteiger partial charge in [0, 0.05) is 10.2 Å². The van der Waals surface area contributed by atoms with Crippen molar-refractivity contribution in [3.8, 4) is 0 Å². The van der Waals surface area contributed by atoms with Crippen LogP contribution in [0.15, 0.2) is 22.7 Å². The molecule has 112 valence electrons. The van der Waals surface area contributed by atoms with Crippen LogP contribution in [-0.2, 0) is 4.74 Å². The predicted octanol–water partition coefficient (Wildman–Crippen LogP) is 4.94. The molecule has 3 nitrogen and oxygen atoms in total. The van der Waals surface area contributed by atoms with Crippen LogP contribution in [0.1, 0.15) is 62.2 Å². The molecule has 0 saturated carbocycles. The van der Waals surface area contributed by atoms with Crippen molar-refractivity contribution in [2.75, 3.05) is 12.3 Å². The third-order valence-electron chi connectivity index (χ3n) is 3.19. The number of benzene rings is 1. The summed E-state index contributed by atoms with van der Waals surface area (Å²) in [7, 11) is 0. The highest BCUT2D eigenvalue weighted by Crippen LogP contribution is 2.20. The van der Waals surface area contributed by atoms with Gasteiger partial charge in [-0.05, 0) is 40.5 Å². The van der Waals surface area contributed by atoms with Crippen molar-refractivity contribution in [2.45, 2.75) is 51.9 Å². The number of nitrogen functional groups attached to an aromatic ring is 1. The normalized spacial score (nSPS) is 10.5. The molecule has 0 aliphatic heterocycles. The molecule has 0 aliphatic carbocycles. The van der Waals surface area contributed by atoms with E-state index in [0.717, 1.165) is 17.3 Å². The summed E-state index contributed by atoms with van der Waals surface area (Å²) < 4.78 is 5.99. The van der Waals surface area contributed by atoms with E-state index in [-0.39, 0.29) is 5.97 Å². The summed E-state index contributed by atoms with van der Waals surface area (Å²) >= 11 is 3.33. The Morgan fingerprint density at radius 1 is 1.15 bits per heavy atom. The number of carbonyl (C=O) groups is 1. The predicted molar refractivity (Wildman–Crippen MR) is 86.8 cm³/mol. The molecule has 1 rings (SSSR count). The summed E-state index contributed by atoms with van der Waals surface area (Å²) in [6.07, 6.45) is 8.45. The monoisotopic (exact) mass is 341 g/mol. The van der Waals surface area contributed by atoms with Crippen LogP contribution in [0.3, 0.4) is 0 Å². The van der Waals surface area contributed by atoms with Gasteiger partial charge in [0.15, 0.2) is 0 Å². The molecule has 4 heteroatoms. The Hall–Kier alpha value is -1.03. The fourth-order valence-electron chi connectivity index (χ4n) is 2.00. The maximum atomic E-state index is 11.9. The summed E-state index contributed by atoms with van der Waals surface area (Å²) in [5, 5.41) is 0. The minimum atomic E-state index is -0.310. The third-order valence-corrected chi connectivity index (χ3v) is 3.88. The van der Waals surface area contributed by atoms with Crippen LogP contribution in [0.2, 0.25) is 0 Å². The molecule has 1 aromatic carbocycles. The van der Waals surface area contributed by atoms with Gasteiger partial charge in [0.2, 0.25) is 0 Å². The molecule has 0 heterocycles. The topological polar surface area (TPSA) is 52.3 Å². The Morgan fingerprint density at radius 2 is 1.80 bits per heavy atom. The van der Waals surface area contributed by atoms with Crippen LogP contribution in [0.4, 0.5) is 5.69 Å². The average molecular weight is 342 g/mol. The summed E-state index contributed by atoms with van der Waals surface area (Å²) in [6, 6.07) is 5.15. The van der Waals surface area contributed by atoms with Crippen LogP contribution >= 0.6 is 15.9 Å². The molecule has 2 N–H and O–H groups in total. The Labute approximate surface area is 130 Å². The van der Waals surface area contributed by atoms with Gasteiger partial charge in [0.25, 0.3) is 0 Å². The van der Waals surface area contributed by atoms with Gasteiger partial charge in [-0.25, -0.2) is 4.79 Å². The molecule has 1 aromatic rings. The van der Waals surface area contributed by atoms with Gasteiger partial charge in [0.1, 0.15) is 0 Å². The highest BCUT2D eigenvalue weighted by Gasteiger charge is 2.11. The van der Waals surface area contributed by atoms with E-state index in [0.29, 0.717) is 17.9 Å². The molecular formula is C16H24BrNO2. The number of hydrogen-bond acceptors (Lipinski definition) is 3. The van der Waals surface area contributed by atoms with Crippen molar-refractivity contribution in [1.29, 1.82) is 0 Å². The quantitative estimate of drug-likeness (QED) is 0.393. The first kappa shape index (κ1) is 17.0.